The summed E-state index contributed by atoms with van der Waals surface area (Å²) in [6.45, 7) is 0.130. The fourth-order valence-corrected chi connectivity index (χ4v) is 5.29. The van der Waals surface area contributed by atoms with E-state index in [1.807, 2.05) is 42.1 Å². The fraction of sp³-hybridized carbons (Fsp3) is 0.261. The van der Waals surface area contributed by atoms with E-state index in [4.69, 9.17) is 11.6 Å². The largest absolute Gasteiger partial charge is 0.351 e. The average molecular weight is 535 g/mol. The Labute approximate surface area is 212 Å². The van der Waals surface area contributed by atoms with Gasteiger partial charge in [0.2, 0.25) is 11.8 Å². The van der Waals surface area contributed by atoms with E-state index >= 15 is 0 Å². The lowest BCUT2D eigenvalue weighted by atomic mass is 10.0. The van der Waals surface area contributed by atoms with Crippen molar-refractivity contribution in [3.05, 3.63) is 71.4 Å². The third kappa shape index (κ3) is 5.57. The second-order valence-electron chi connectivity index (χ2n) is 8.36. The Morgan fingerprint density at radius 1 is 1.19 bits per heavy atom. The predicted octanol–water partition coefficient (Wildman–Crippen LogP) is 2.04. The molecule has 3 N–H and O–H groups in total. The summed E-state index contributed by atoms with van der Waals surface area (Å²) in [6, 6.07) is 8.65. The molecule has 10 nitrogen and oxygen atoms in total. The number of anilines is 1. The predicted molar refractivity (Wildman–Crippen MR) is 133 cm³/mol. The summed E-state index contributed by atoms with van der Waals surface area (Å²) in [4.78, 5) is 30.2. The number of nitrogens with zero attached hydrogens (tertiary/aromatic N) is 3. The molecule has 0 bridgehead atoms. The van der Waals surface area contributed by atoms with Crippen LogP contribution in [-0.4, -0.2) is 53.2 Å². The van der Waals surface area contributed by atoms with Crippen molar-refractivity contribution in [2.45, 2.75) is 25.0 Å². The summed E-state index contributed by atoms with van der Waals surface area (Å²) in [5.74, 6) is -1.91. The quantitative estimate of drug-likeness (QED) is 0.446. The van der Waals surface area contributed by atoms with Gasteiger partial charge in [-0.1, -0.05) is 35.9 Å². The molecule has 36 heavy (non-hydrogen) atoms. The van der Waals surface area contributed by atoms with Crippen LogP contribution in [0, 0.1) is 5.82 Å². The van der Waals surface area contributed by atoms with Gasteiger partial charge in [0.05, 0.1) is 17.0 Å². The van der Waals surface area contributed by atoms with Crippen molar-refractivity contribution < 1.29 is 22.4 Å². The van der Waals surface area contributed by atoms with E-state index in [9.17, 15) is 22.4 Å². The van der Waals surface area contributed by atoms with E-state index < -0.39 is 39.9 Å². The standard InChI is InChI=1S/C23H24ClFN6O4S/c1-30-12-20(27-13-30)16-6-4-3-5-14(16)11-26-22(32)19-10-21(31(2)36(34,35)29-19)23(33)28-15-7-8-18(25)17(24)9-15/h3-9,12-13,19,21,29H,10-11H2,1-2H3,(H,26,32)(H,28,33). The van der Waals surface area contributed by atoms with Gasteiger partial charge in [-0.05, 0) is 30.2 Å². The first-order valence-corrected chi connectivity index (χ1v) is 12.7. The number of imidazole rings is 1. The first kappa shape index (κ1) is 25.8. The molecule has 2 amide bonds. The Morgan fingerprint density at radius 3 is 2.64 bits per heavy atom. The SMILES string of the molecule is CN1C(C(=O)Nc2ccc(F)c(Cl)c2)CC(C(=O)NCc2ccccc2-c2cn(C)cn2)NS1(=O)=O. The van der Waals surface area contributed by atoms with Crippen LogP contribution >= 0.6 is 11.6 Å². The smallest absolute Gasteiger partial charge is 0.280 e. The number of halogens is 2. The number of likely N-dealkylation sites (N-methyl/N-ethyl adjacent to an activating group) is 1. The van der Waals surface area contributed by atoms with Crippen molar-refractivity contribution >= 4 is 39.3 Å². The van der Waals surface area contributed by atoms with Crippen molar-refractivity contribution in [1.29, 1.82) is 0 Å². The maximum Gasteiger partial charge on any atom is 0.280 e. The molecule has 0 spiro atoms. The molecular formula is C23H24ClFN6O4S. The molecule has 0 radical (unpaired) electrons. The number of aromatic nitrogens is 2. The molecular weight excluding hydrogens is 511 g/mol. The van der Waals surface area contributed by atoms with Gasteiger partial charge in [-0.2, -0.15) is 17.4 Å². The number of carbonyl (C=O) groups excluding carboxylic acids is 2. The zero-order valence-electron chi connectivity index (χ0n) is 19.4. The van der Waals surface area contributed by atoms with Gasteiger partial charge in [-0.15, -0.1) is 0 Å². The molecule has 1 aliphatic heterocycles. The van der Waals surface area contributed by atoms with Crippen LogP contribution in [0.4, 0.5) is 10.1 Å². The number of rotatable bonds is 6. The topological polar surface area (TPSA) is 125 Å². The lowest BCUT2D eigenvalue weighted by Gasteiger charge is -2.35. The first-order chi connectivity index (χ1) is 17.0. The van der Waals surface area contributed by atoms with Crippen molar-refractivity contribution in [2.24, 2.45) is 7.05 Å². The van der Waals surface area contributed by atoms with E-state index in [1.165, 1.54) is 19.2 Å². The minimum absolute atomic E-state index is 0.121. The van der Waals surface area contributed by atoms with Gasteiger partial charge in [0, 0.05) is 38.1 Å². The molecule has 1 aliphatic rings. The number of aryl methyl sites for hydroxylation is 1. The van der Waals surface area contributed by atoms with Gasteiger partial charge in [-0.3, -0.25) is 9.59 Å². The van der Waals surface area contributed by atoms with E-state index in [0.717, 1.165) is 27.2 Å². The summed E-state index contributed by atoms with van der Waals surface area (Å²) < 4.78 is 43.7. The molecule has 0 saturated carbocycles. The zero-order valence-corrected chi connectivity index (χ0v) is 21.0. The van der Waals surface area contributed by atoms with Crippen LogP contribution in [0.15, 0.2) is 55.0 Å². The summed E-state index contributed by atoms with van der Waals surface area (Å²) in [6.07, 6.45) is 3.40. The van der Waals surface area contributed by atoms with Gasteiger partial charge in [0.1, 0.15) is 17.9 Å². The molecule has 0 aliphatic carbocycles. The normalized spacial score (nSPS) is 19.6. The Balaban J connectivity index is 1.47. The Hall–Kier alpha value is -3.32. The van der Waals surface area contributed by atoms with E-state index in [2.05, 4.69) is 20.3 Å². The molecule has 1 saturated heterocycles. The lowest BCUT2D eigenvalue weighted by Crippen LogP contribution is -2.62. The van der Waals surface area contributed by atoms with Crippen LogP contribution in [0.5, 0.6) is 0 Å². The van der Waals surface area contributed by atoms with Crippen LogP contribution in [0.1, 0.15) is 12.0 Å². The zero-order chi connectivity index (χ0) is 26.0. The molecule has 4 rings (SSSR count). The van der Waals surface area contributed by atoms with Gasteiger partial charge < -0.3 is 15.2 Å². The number of amides is 2. The van der Waals surface area contributed by atoms with Gasteiger partial charge in [0.25, 0.3) is 10.2 Å². The van der Waals surface area contributed by atoms with Crippen molar-refractivity contribution in [3.8, 4) is 11.3 Å². The Bertz CT molecular complexity index is 1410. The molecule has 3 aromatic rings. The monoisotopic (exact) mass is 534 g/mol. The molecule has 2 atom stereocenters. The van der Waals surface area contributed by atoms with E-state index in [1.54, 1.807) is 6.33 Å². The third-order valence-corrected chi connectivity index (χ3v) is 7.71. The maximum atomic E-state index is 13.4. The first-order valence-electron chi connectivity index (χ1n) is 10.9. The number of hydrogen-bond acceptors (Lipinski definition) is 5. The molecule has 2 unspecified atom stereocenters. The third-order valence-electron chi connectivity index (χ3n) is 5.83. The van der Waals surface area contributed by atoms with Gasteiger partial charge >= 0.3 is 0 Å². The van der Waals surface area contributed by atoms with Crippen molar-refractivity contribution in [3.63, 3.8) is 0 Å². The number of nitrogens with one attached hydrogen (secondary N) is 3. The van der Waals surface area contributed by atoms with Crippen molar-refractivity contribution in [2.75, 3.05) is 12.4 Å². The highest BCUT2D eigenvalue weighted by atomic mass is 35.5. The number of hydrogen-bond donors (Lipinski definition) is 3. The second-order valence-corrected chi connectivity index (χ2v) is 10.5. The highest BCUT2D eigenvalue weighted by molar-refractivity contribution is 7.87. The highest BCUT2D eigenvalue weighted by Gasteiger charge is 2.42. The minimum atomic E-state index is -4.13. The van der Waals surface area contributed by atoms with Crippen LogP contribution < -0.4 is 15.4 Å². The number of benzene rings is 2. The summed E-state index contributed by atoms with van der Waals surface area (Å²) in [5, 5.41) is 5.09. The Morgan fingerprint density at radius 2 is 1.94 bits per heavy atom. The fourth-order valence-electron chi connectivity index (χ4n) is 3.86. The maximum absolute atomic E-state index is 13.4. The highest BCUT2D eigenvalue weighted by Crippen LogP contribution is 2.24. The lowest BCUT2D eigenvalue weighted by molar-refractivity contribution is -0.124. The van der Waals surface area contributed by atoms with Gasteiger partial charge in [0.15, 0.2) is 0 Å². The average Bonchev–Trinajstić information content (AvgIpc) is 3.27. The van der Waals surface area contributed by atoms with Crippen LogP contribution in [0.25, 0.3) is 11.3 Å². The summed E-state index contributed by atoms with van der Waals surface area (Å²) in [5.41, 5.74) is 2.56. The molecule has 1 fully saturated rings. The molecule has 1 aromatic heterocycles. The van der Waals surface area contributed by atoms with Crippen LogP contribution in [-0.2, 0) is 33.4 Å². The molecule has 2 heterocycles. The van der Waals surface area contributed by atoms with Gasteiger partial charge in [-0.25, -0.2) is 9.37 Å². The molecule has 2 aromatic carbocycles. The van der Waals surface area contributed by atoms with E-state index in [-0.39, 0.29) is 23.7 Å². The van der Waals surface area contributed by atoms with Crippen LogP contribution in [0.3, 0.4) is 0 Å². The molecule has 13 heteroatoms. The number of carbonyl (C=O) groups is 2. The Kier molecular flexibility index (Phi) is 7.41. The van der Waals surface area contributed by atoms with Crippen LogP contribution in [0.2, 0.25) is 5.02 Å². The second kappa shape index (κ2) is 10.3. The minimum Gasteiger partial charge on any atom is -0.351 e. The van der Waals surface area contributed by atoms with Crippen molar-refractivity contribution in [1.82, 2.24) is 23.9 Å². The van der Waals surface area contributed by atoms with E-state index in [0.29, 0.717) is 0 Å². The summed E-state index contributed by atoms with van der Waals surface area (Å²) in [7, 11) is -1.04. The summed E-state index contributed by atoms with van der Waals surface area (Å²) >= 11 is 5.76. The molecule has 190 valence electrons.